The Labute approximate surface area is 139 Å². The predicted octanol–water partition coefficient (Wildman–Crippen LogP) is 1.68. The van der Waals surface area contributed by atoms with E-state index >= 15 is 0 Å². The zero-order valence-electron chi connectivity index (χ0n) is 14.0. The van der Waals surface area contributed by atoms with E-state index in [0.717, 1.165) is 6.07 Å². The number of benzene rings is 1. The molecule has 1 N–H and O–H groups in total. The summed E-state index contributed by atoms with van der Waals surface area (Å²) in [7, 11) is 1.33. The van der Waals surface area contributed by atoms with E-state index in [2.05, 4.69) is 5.32 Å². The average molecular weight is 340 g/mol. The fraction of sp³-hybridized carbons (Fsp3) is 0.467. The zero-order valence-corrected chi connectivity index (χ0v) is 14.0. The molecule has 0 radical (unpaired) electrons. The Morgan fingerprint density at radius 1 is 1.29 bits per heavy atom. The summed E-state index contributed by atoms with van der Waals surface area (Å²) in [5, 5.41) is 13.7. The number of amides is 1. The van der Waals surface area contributed by atoms with Gasteiger partial charge in [0.1, 0.15) is 5.56 Å². The molecule has 0 spiro atoms. The Morgan fingerprint density at radius 3 is 2.46 bits per heavy atom. The molecular weight excluding hydrogens is 320 g/mol. The van der Waals surface area contributed by atoms with Gasteiger partial charge >= 0.3 is 5.97 Å². The van der Waals surface area contributed by atoms with Gasteiger partial charge in [-0.25, -0.2) is 4.79 Å². The van der Waals surface area contributed by atoms with Gasteiger partial charge in [-0.15, -0.1) is 0 Å². The van der Waals surface area contributed by atoms with Gasteiger partial charge in [0, 0.05) is 12.1 Å². The number of nitrogens with zero attached hydrogens (tertiary/aromatic N) is 1. The molecule has 0 aliphatic rings. The maximum absolute atomic E-state index is 12.1. The molecule has 9 heteroatoms. The highest BCUT2D eigenvalue weighted by Gasteiger charge is 2.26. The molecule has 132 valence electrons. The standard InChI is InChI=1S/C15H20N2O7/c1-5-23-13-6-10(11(17(20)21)7-12(13)22-4)15(19)24-8-14(18)16-9(2)3/h6-7,9H,5,8H2,1-4H3,(H,16,18). The third-order valence-corrected chi connectivity index (χ3v) is 2.78. The van der Waals surface area contributed by atoms with E-state index in [0.29, 0.717) is 0 Å². The van der Waals surface area contributed by atoms with E-state index in [1.165, 1.54) is 13.2 Å². The van der Waals surface area contributed by atoms with Crippen LogP contribution in [0.25, 0.3) is 0 Å². The van der Waals surface area contributed by atoms with Crippen LogP contribution in [0.2, 0.25) is 0 Å². The fourth-order valence-electron chi connectivity index (χ4n) is 1.86. The largest absolute Gasteiger partial charge is 0.493 e. The van der Waals surface area contributed by atoms with Gasteiger partial charge in [0.25, 0.3) is 11.6 Å². The molecule has 1 aromatic carbocycles. The van der Waals surface area contributed by atoms with Crippen LogP contribution in [0.4, 0.5) is 5.69 Å². The second kappa shape index (κ2) is 8.70. The van der Waals surface area contributed by atoms with E-state index in [9.17, 15) is 19.7 Å². The summed E-state index contributed by atoms with van der Waals surface area (Å²) in [6.07, 6.45) is 0. The molecule has 0 saturated carbocycles. The molecule has 0 atom stereocenters. The summed E-state index contributed by atoms with van der Waals surface area (Å²) >= 11 is 0. The first-order valence-electron chi connectivity index (χ1n) is 7.25. The summed E-state index contributed by atoms with van der Waals surface area (Å²) in [6, 6.07) is 2.13. The Bertz CT molecular complexity index is 628. The SMILES string of the molecule is CCOc1cc(C(=O)OCC(=O)NC(C)C)c([N+](=O)[O-])cc1OC. The summed E-state index contributed by atoms with van der Waals surface area (Å²) < 4.78 is 15.2. The molecule has 0 saturated heterocycles. The van der Waals surface area contributed by atoms with Crippen LogP contribution in [-0.2, 0) is 9.53 Å². The van der Waals surface area contributed by atoms with E-state index < -0.39 is 29.1 Å². The van der Waals surface area contributed by atoms with Crippen LogP contribution in [-0.4, -0.2) is 43.2 Å². The van der Waals surface area contributed by atoms with Crippen molar-refractivity contribution in [2.45, 2.75) is 26.8 Å². The van der Waals surface area contributed by atoms with Crippen LogP contribution < -0.4 is 14.8 Å². The van der Waals surface area contributed by atoms with Crippen LogP contribution in [0.1, 0.15) is 31.1 Å². The third-order valence-electron chi connectivity index (χ3n) is 2.78. The number of hydrogen-bond donors (Lipinski definition) is 1. The molecule has 0 aromatic heterocycles. The summed E-state index contributed by atoms with van der Waals surface area (Å²) in [4.78, 5) is 34.1. The lowest BCUT2D eigenvalue weighted by atomic mass is 10.1. The smallest absolute Gasteiger partial charge is 0.345 e. The van der Waals surface area contributed by atoms with Gasteiger partial charge in [-0.1, -0.05) is 0 Å². The molecule has 0 heterocycles. The maximum atomic E-state index is 12.1. The molecule has 0 unspecified atom stereocenters. The first-order chi connectivity index (χ1) is 11.3. The van der Waals surface area contributed by atoms with E-state index in [1.54, 1.807) is 20.8 Å². The second-order valence-corrected chi connectivity index (χ2v) is 5.01. The van der Waals surface area contributed by atoms with Gasteiger partial charge in [0.15, 0.2) is 18.1 Å². The van der Waals surface area contributed by atoms with E-state index in [-0.39, 0.29) is 29.7 Å². The fourth-order valence-corrected chi connectivity index (χ4v) is 1.86. The Kier molecular flexibility index (Phi) is 6.97. The number of hydrogen-bond acceptors (Lipinski definition) is 7. The third kappa shape index (κ3) is 5.11. The molecule has 0 fully saturated rings. The number of rotatable bonds is 8. The molecular formula is C15H20N2O7. The van der Waals surface area contributed by atoms with Crippen molar-refractivity contribution in [3.63, 3.8) is 0 Å². The number of nitrogens with one attached hydrogen (secondary N) is 1. The molecule has 0 aliphatic carbocycles. The lowest BCUT2D eigenvalue weighted by Crippen LogP contribution is -2.34. The minimum absolute atomic E-state index is 0.115. The van der Waals surface area contributed by atoms with Crippen molar-refractivity contribution in [3.8, 4) is 11.5 Å². The Hall–Kier alpha value is -2.84. The highest BCUT2D eigenvalue weighted by Crippen LogP contribution is 2.35. The molecule has 1 rings (SSSR count). The average Bonchev–Trinajstić information content (AvgIpc) is 2.51. The number of nitro groups is 1. The molecule has 24 heavy (non-hydrogen) atoms. The van der Waals surface area contributed by atoms with Crippen molar-refractivity contribution >= 4 is 17.6 Å². The Balaban J connectivity index is 3.06. The number of esters is 1. The van der Waals surface area contributed by atoms with Gasteiger partial charge in [-0.05, 0) is 20.8 Å². The van der Waals surface area contributed by atoms with Crippen molar-refractivity contribution in [1.29, 1.82) is 0 Å². The molecule has 0 aliphatic heterocycles. The van der Waals surface area contributed by atoms with Crippen molar-refractivity contribution in [2.24, 2.45) is 0 Å². The normalized spacial score (nSPS) is 10.2. The van der Waals surface area contributed by atoms with Gasteiger partial charge in [-0.2, -0.15) is 0 Å². The monoisotopic (exact) mass is 340 g/mol. The van der Waals surface area contributed by atoms with Gasteiger partial charge in [0.05, 0.1) is 24.7 Å². The number of methoxy groups -OCH3 is 1. The number of carbonyl (C=O) groups is 2. The first-order valence-corrected chi connectivity index (χ1v) is 7.25. The summed E-state index contributed by atoms with van der Waals surface area (Å²) in [6.45, 7) is 4.96. The highest BCUT2D eigenvalue weighted by molar-refractivity contribution is 5.96. The molecule has 9 nitrogen and oxygen atoms in total. The Morgan fingerprint density at radius 2 is 1.96 bits per heavy atom. The maximum Gasteiger partial charge on any atom is 0.345 e. The number of nitro benzene ring substituents is 1. The van der Waals surface area contributed by atoms with Crippen molar-refractivity contribution in [2.75, 3.05) is 20.3 Å². The minimum atomic E-state index is -0.996. The summed E-state index contributed by atoms with van der Waals surface area (Å²) in [5.74, 6) is -1.20. The van der Waals surface area contributed by atoms with Crippen molar-refractivity contribution in [1.82, 2.24) is 5.32 Å². The van der Waals surface area contributed by atoms with Gasteiger partial charge < -0.3 is 19.5 Å². The van der Waals surface area contributed by atoms with Crippen LogP contribution >= 0.6 is 0 Å². The van der Waals surface area contributed by atoms with Gasteiger partial charge in [0.2, 0.25) is 0 Å². The van der Waals surface area contributed by atoms with Crippen LogP contribution in [0, 0.1) is 10.1 Å². The van der Waals surface area contributed by atoms with Gasteiger partial charge in [-0.3, -0.25) is 14.9 Å². The first kappa shape index (κ1) is 19.2. The summed E-state index contributed by atoms with van der Waals surface area (Å²) in [5.41, 5.74) is -0.814. The van der Waals surface area contributed by atoms with E-state index in [1.807, 2.05) is 0 Å². The number of carbonyl (C=O) groups excluding carboxylic acids is 2. The molecule has 1 amide bonds. The van der Waals surface area contributed by atoms with Crippen molar-refractivity contribution < 1.29 is 28.7 Å². The lowest BCUT2D eigenvalue weighted by Gasteiger charge is -2.12. The predicted molar refractivity (Wildman–Crippen MR) is 84.4 cm³/mol. The van der Waals surface area contributed by atoms with E-state index in [4.69, 9.17) is 14.2 Å². The minimum Gasteiger partial charge on any atom is -0.493 e. The lowest BCUT2D eigenvalue weighted by molar-refractivity contribution is -0.385. The number of ether oxygens (including phenoxy) is 3. The second-order valence-electron chi connectivity index (χ2n) is 5.01. The zero-order chi connectivity index (χ0) is 18.3. The molecule has 0 bridgehead atoms. The van der Waals surface area contributed by atoms with Crippen LogP contribution in [0.5, 0.6) is 11.5 Å². The quantitative estimate of drug-likeness (QED) is 0.434. The van der Waals surface area contributed by atoms with Crippen LogP contribution in [0.3, 0.4) is 0 Å². The topological polar surface area (TPSA) is 117 Å². The highest BCUT2D eigenvalue weighted by atomic mass is 16.6. The molecule has 1 aromatic rings. The van der Waals surface area contributed by atoms with Crippen molar-refractivity contribution in [3.05, 3.63) is 27.8 Å². The van der Waals surface area contributed by atoms with Crippen LogP contribution in [0.15, 0.2) is 12.1 Å².